The lowest BCUT2D eigenvalue weighted by Gasteiger charge is -2.34. The fourth-order valence-electron chi connectivity index (χ4n) is 3.27. The van der Waals surface area contributed by atoms with Crippen molar-refractivity contribution in [2.45, 2.75) is 32.4 Å². The number of carbonyl (C=O) groups excluding carboxylic acids is 2. The molecule has 0 aliphatic carbocycles. The smallest absolute Gasteiger partial charge is 0.414 e. The average molecular weight is 391 g/mol. The van der Waals surface area contributed by atoms with Crippen LogP contribution in [0.1, 0.15) is 20.8 Å². The summed E-state index contributed by atoms with van der Waals surface area (Å²) in [4.78, 5) is 40.1. The van der Waals surface area contributed by atoms with E-state index >= 15 is 0 Å². The van der Waals surface area contributed by atoms with Gasteiger partial charge in [-0.3, -0.25) is 14.6 Å². The Bertz CT molecular complexity index is 758. The van der Waals surface area contributed by atoms with Gasteiger partial charge in [0.05, 0.1) is 19.7 Å². The number of carbonyl (C=O) groups is 3. The van der Waals surface area contributed by atoms with Crippen molar-refractivity contribution in [1.29, 1.82) is 0 Å². The van der Waals surface area contributed by atoms with Crippen LogP contribution in [0.5, 0.6) is 0 Å². The van der Waals surface area contributed by atoms with Crippen LogP contribution >= 0.6 is 0 Å². The van der Waals surface area contributed by atoms with Crippen molar-refractivity contribution in [3.63, 3.8) is 0 Å². The third-order valence-corrected chi connectivity index (χ3v) is 4.76. The molecule has 3 rings (SSSR count). The summed E-state index contributed by atoms with van der Waals surface area (Å²) < 4.78 is 10.5. The molecule has 1 aromatic carbocycles. The van der Waals surface area contributed by atoms with Crippen LogP contribution in [0.3, 0.4) is 0 Å². The molecule has 2 aliphatic heterocycles. The number of carboxylic acid groups (broad SMARTS) is 1. The van der Waals surface area contributed by atoms with Crippen LogP contribution in [0.25, 0.3) is 0 Å². The second kappa shape index (κ2) is 7.67. The molecule has 2 aliphatic rings. The Morgan fingerprint density at radius 3 is 2.32 bits per heavy atom. The average Bonchev–Trinajstić information content (AvgIpc) is 3.00. The fourth-order valence-corrected chi connectivity index (χ4v) is 3.27. The SMILES string of the molecule is CC(C)(C)N(C[C@@H]1CN(c2ccc(N3CCOCC3=O)cc2)C(=O)O1)C(=O)O. The van der Waals surface area contributed by atoms with Crippen LogP contribution in [0, 0.1) is 0 Å². The zero-order chi connectivity index (χ0) is 20.5. The van der Waals surface area contributed by atoms with Gasteiger partial charge in [-0.2, -0.15) is 0 Å². The van der Waals surface area contributed by atoms with E-state index in [1.807, 2.05) is 0 Å². The number of benzene rings is 1. The molecular weight excluding hydrogens is 366 g/mol. The first kappa shape index (κ1) is 19.9. The van der Waals surface area contributed by atoms with Gasteiger partial charge in [-0.15, -0.1) is 0 Å². The van der Waals surface area contributed by atoms with E-state index in [4.69, 9.17) is 9.47 Å². The summed E-state index contributed by atoms with van der Waals surface area (Å²) in [5.74, 6) is -0.101. The summed E-state index contributed by atoms with van der Waals surface area (Å²) in [6.07, 6.45) is -2.12. The van der Waals surface area contributed by atoms with Crippen molar-refractivity contribution in [2.75, 3.05) is 42.6 Å². The van der Waals surface area contributed by atoms with Gasteiger partial charge in [0.15, 0.2) is 0 Å². The van der Waals surface area contributed by atoms with E-state index in [0.29, 0.717) is 18.8 Å². The minimum Gasteiger partial charge on any atom is -0.465 e. The molecule has 2 saturated heterocycles. The lowest BCUT2D eigenvalue weighted by atomic mass is 10.1. The maximum Gasteiger partial charge on any atom is 0.414 e. The van der Waals surface area contributed by atoms with Gasteiger partial charge in [0.2, 0.25) is 0 Å². The van der Waals surface area contributed by atoms with Gasteiger partial charge in [-0.1, -0.05) is 0 Å². The van der Waals surface area contributed by atoms with Crippen LogP contribution in [0.4, 0.5) is 21.0 Å². The molecule has 2 fully saturated rings. The number of hydrogen-bond donors (Lipinski definition) is 1. The fraction of sp³-hybridized carbons (Fsp3) is 0.526. The van der Waals surface area contributed by atoms with E-state index in [9.17, 15) is 19.5 Å². The van der Waals surface area contributed by atoms with Crippen molar-refractivity contribution < 1.29 is 29.0 Å². The van der Waals surface area contributed by atoms with Gasteiger partial charge in [0.1, 0.15) is 12.7 Å². The third kappa shape index (κ3) is 4.19. The second-order valence-electron chi connectivity index (χ2n) is 7.79. The van der Waals surface area contributed by atoms with Crippen LogP contribution in [-0.4, -0.2) is 72.6 Å². The Morgan fingerprint density at radius 2 is 1.79 bits per heavy atom. The number of amides is 3. The molecule has 3 amide bonds. The molecule has 1 atom stereocenters. The summed E-state index contributed by atoms with van der Waals surface area (Å²) in [5, 5.41) is 9.42. The van der Waals surface area contributed by atoms with E-state index < -0.39 is 23.8 Å². The first-order chi connectivity index (χ1) is 13.2. The van der Waals surface area contributed by atoms with Crippen LogP contribution < -0.4 is 9.80 Å². The summed E-state index contributed by atoms with van der Waals surface area (Å²) in [6, 6.07) is 7.05. The Balaban J connectivity index is 1.68. The van der Waals surface area contributed by atoms with Crippen molar-refractivity contribution in [2.24, 2.45) is 0 Å². The minimum atomic E-state index is -1.05. The standard InChI is InChI=1S/C19H25N3O6/c1-19(2,3)22(17(24)25)11-15-10-21(18(26)28-15)14-6-4-13(5-7-14)20-8-9-27-12-16(20)23/h4-7,15H,8-12H2,1-3H3,(H,24,25)/t15-/m0/s1. The highest BCUT2D eigenvalue weighted by Gasteiger charge is 2.37. The quantitative estimate of drug-likeness (QED) is 0.844. The lowest BCUT2D eigenvalue weighted by Crippen LogP contribution is -2.49. The molecule has 28 heavy (non-hydrogen) atoms. The highest BCUT2D eigenvalue weighted by molar-refractivity contribution is 5.95. The zero-order valence-corrected chi connectivity index (χ0v) is 16.3. The number of anilines is 2. The molecule has 152 valence electrons. The van der Waals surface area contributed by atoms with E-state index in [-0.39, 0.29) is 25.6 Å². The molecule has 2 heterocycles. The monoisotopic (exact) mass is 391 g/mol. The maximum absolute atomic E-state index is 12.3. The van der Waals surface area contributed by atoms with Crippen LogP contribution in [-0.2, 0) is 14.3 Å². The summed E-state index contributed by atoms with van der Waals surface area (Å²) in [5.41, 5.74) is 0.776. The molecule has 1 N–H and O–H groups in total. The predicted molar refractivity (Wildman–Crippen MR) is 102 cm³/mol. The van der Waals surface area contributed by atoms with E-state index in [0.717, 1.165) is 5.69 Å². The van der Waals surface area contributed by atoms with Gasteiger partial charge in [-0.05, 0) is 45.0 Å². The van der Waals surface area contributed by atoms with Crippen molar-refractivity contribution in [3.05, 3.63) is 24.3 Å². The summed E-state index contributed by atoms with van der Waals surface area (Å²) in [6.45, 7) is 6.78. The molecule has 0 saturated carbocycles. The lowest BCUT2D eigenvalue weighted by molar-refractivity contribution is -0.125. The minimum absolute atomic E-state index is 0.0652. The maximum atomic E-state index is 12.3. The highest BCUT2D eigenvalue weighted by Crippen LogP contribution is 2.26. The number of hydrogen-bond acceptors (Lipinski definition) is 5. The predicted octanol–water partition coefficient (Wildman–Crippen LogP) is 2.15. The molecule has 0 bridgehead atoms. The summed E-state index contributed by atoms with van der Waals surface area (Å²) in [7, 11) is 0. The third-order valence-electron chi connectivity index (χ3n) is 4.76. The van der Waals surface area contributed by atoms with Gasteiger partial charge >= 0.3 is 12.2 Å². The number of nitrogens with zero attached hydrogens (tertiary/aromatic N) is 3. The highest BCUT2D eigenvalue weighted by atomic mass is 16.6. The molecule has 0 unspecified atom stereocenters. The largest absolute Gasteiger partial charge is 0.465 e. The zero-order valence-electron chi connectivity index (χ0n) is 16.3. The molecule has 0 aromatic heterocycles. The Labute approximate surface area is 163 Å². The van der Waals surface area contributed by atoms with Crippen LogP contribution in [0.2, 0.25) is 0 Å². The Morgan fingerprint density at radius 1 is 1.18 bits per heavy atom. The topological polar surface area (TPSA) is 99.6 Å². The second-order valence-corrected chi connectivity index (χ2v) is 7.79. The van der Waals surface area contributed by atoms with Crippen LogP contribution in [0.15, 0.2) is 24.3 Å². The summed E-state index contributed by atoms with van der Waals surface area (Å²) >= 11 is 0. The number of rotatable bonds is 4. The Hall–Kier alpha value is -2.81. The molecule has 9 nitrogen and oxygen atoms in total. The molecule has 0 spiro atoms. The van der Waals surface area contributed by atoms with E-state index in [1.54, 1.807) is 49.9 Å². The molecular formula is C19H25N3O6. The van der Waals surface area contributed by atoms with Crippen molar-refractivity contribution >= 4 is 29.5 Å². The Kier molecular flexibility index (Phi) is 5.46. The molecule has 0 radical (unpaired) electrons. The van der Waals surface area contributed by atoms with Gasteiger partial charge < -0.3 is 19.5 Å². The number of morpholine rings is 1. The van der Waals surface area contributed by atoms with Gasteiger partial charge in [-0.25, -0.2) is 9.59 Å². The van der Waals surface area contributed by atoms with Gasteiger partial charge in [0, 0.05) is 23.5 Å². The molecule has 9 heteroatoms. The van der Waals surface area contributed by atoms with Crippen molar-refractivity contribution in [3.8, 4) is 0 Å². The molecule has 1 aromatic rings. The van der Waals surface area contributed by atoms with E-state index in [1.165, 1.54) is 9.80 Å². The first-order valence-corrected chi connectivity index (χ1v) is 9.13. The first-order valence-electron chi connectivity index (χ1n) is 9.13. The van der Waals surface area contributed by atoms with E-state index in [2.05, 4.69) is 0 Å². The number of cyclic esters (lactones) is 1. The van der Waals surface area contributed by atoms with Gasteiger partial charge in [0.25, 0.3) is 5.91 Å². The van der Waals surface area contributed by atoms with Crippen molar-refractivity contribution in [1.82, 2.24) is 4.90 Å². The number of ether oxygens (including phenoxy) is 2. The normalized spacial score (nSPS) is 20.3.